The van der Waals surface area contributed by atoms with E-state index >= 15 is 0 Å². The molecule has 1 saturated heterocycles. The first-order valence-corrected chi connectivity index (χ1v) is 9.60. The fourth-order valence-electron chi connectivity index (χ4n) is 3.05. The van der Waals surface area contributed by atoms with Crippen LogP contribution in [0.1, 0.15) is 12.8 Å². The summed E-state index contributed by atoms with van der Waals surface area (Å²) < 4.78 is 31.5. The maximum atomic E-state index is 13.2. The van der Waals surface area contributed by atoms with Crippen molar-refractivity contribution in [1.82, 2.24) is 20.4 Å². The molecule has 1 amide bonds. The molecule has 0 atom stereocenters. The average Bonchev–Trinajstić information content (AvgIpc) is 3.49. The summed E-state index contributed by atoms with van der Waals surface area (Å²) in [5, 5.41) is 6.22. The molecule has 2 fully saturated rings. The van der Waals surface area contributed by atoms with Gasteiger partial charge in [0.15, 0.2) is 17.6 Å². The highest BCUT2D eigenvalue weighted by Gasteiger charge is 2.25. The van der Waals surface area contributed by atoms with E-state index in [1.807, 2.05) is 0 Å². The molecular formula is C19H27F2N5O2. The quantitative estimate of drug-likeness (QED) is 0.406. The first-order valence-electron chi connectivity index (χ1n) is 9.60. The van der Waals surface area contributed by atoms with Crippen molar-refractivity contribution in [2.24, 2.45) is 4.99 Å². The largest absolute Gasteiger partial charge is 0.492 e. The van der Waals surface area contributed by atoms with Crippen LogP contribution in [0.2, 0.25) is 0 Å². The van der Waals surface area contributed by atoms with Gasteiger partial charge in [-0.25, -0.2) is 8.78 Å². The van der Waals surface area contributed by atoms with Crippen LogP contribution in [0.3, 0.4) is 0 Å². The monoisotopic (exact) mass is 395 g/mol. The highest BCUT2D eigenvalue weighted by molar-refractivity contribution is 5.80. The van der Waals surface area contributed by atoms with Gasteiger partial charge in [-0.05, 0) is 25.0 Å². The Morgan fingerprint density at radius 2 is 1.96 bits per heavy atom. The molecule has 1 aliphatic heterocycles. The molecule has 0 radical (unpaired) electrons. The van der Waals surface area contributed by atoms with Crippen molar-refractivity contribution in [2.45, 2.75) is 18.9 Å². The van der Waals surface area contributed by atoms with Gasteiger partial charge >= 0.3 is 0 Å². The molecule has 154 valence electrons. The average molecular weight is 395 g/mol. The van der Waals surface area contributed by atoms with Gasteiger partial charge in [0.05, 0.1) is 13.1 Å². The standard InChI is InChI=1S/C19H27F2N5O2/c1-22-19(23-6-11-28-15-4-5-16(20)17(21)12-15)26-9-7-25(8-10-26)13-18(27)24-14-2-3-14/h4-5,12,14H,2-3,6-11,13H2,1H3,(H,22,23)(H,24,27). The first kappa shape index (κ1) is 20.3. The molecule has 1 aromatic carbocycles. The van der Waals surface area contributed by atoms with Crippen LogP contribution in [0.25, 0.3) is 0 Å². The third-order valence-electron chi connectivity index (χ3n) is 4.74. The molecule has 28 heavy (non-hydrogen) atoms. The lowest BCUT2D eigenvalue weighted by Gasteiger charge is -2.36. The van der Waals surface area contributed by atoms with Crippen LogP contribution in [0.4, 0.5) is 8.78 Å². The van der Waals surface area contributed by atoms with Crippen molar-refractivity contribution < 1.29 is 18.3 Å². The van der Waals surface area contributed by atoms with Crippen molar-refractivity contribution in [3.05, 3.63) is 29.8 Å². The van der Waals surface area contributed by atoms with E-state index in [0.717, 1.165) is 57.1 Å². The molecule has 1 aliphatic carbocycles. The predicted molar refractivity (Wildman–Crippen MR) is 102 cm³/mol. The third-order valence-corrected chi connectivity index (χ3v) is 4.74. The molecule has 1 aromatic rings. The number of carbonyl (C=O) groups is 1. The Kier molecular flexibility index (Phi) is 7.02. The SMILES string of the molecule is CN=C(NCCOc1ccc(F)c(F)c1)N1CCN(CC(=O)NC2CC2)CC1. The number of ether oxygens (including phenoxy) is 1. The van der Waals surface area contributed by atoms with Crippen molar-refractivity contribution in [3.8, 4) is 5.75 Å². The number of halogens is 2. The second kappa shape index (κ2) is 9.68. The van der Waals surface area contributed by atoms with E-state index in [0.29, 0.717) is 25.7 Å². The van der Waals surface area contributed by atoms with Gasteiger partial charge in [-0.1, -0.05) is 0 Å². The maximum absolute atomic E-state index is 13.2. The van der Waals surface area contributed by atoms with E-state index in [1.165, 1.54) is 6.07 Å². The van der Waals surface area contributed by atoms with Gasteiger partial charge in [0.25, 0.3) is 0 Å². The molecule has 2 aliphatic rings. The molecule has 0 unspecified atom stereocenters. The van der Waals surface area contributed by atoms with Crippen LogP contribution >= 0.6 is 0 Å². The minimum Gasteiger partial charge on any atom is -0.492 e. The Labute approximate surface area is 163 Å². The molecule has 0 aromatic heterocycles. The van der Waals surface area contributed by atoms with Crippen molar-refractivity contribution >= 4 is 11.9 Å². The maximum Gasteiger partial charge on any atom is 0.234 e. The zero-order valence-electron chi connectivity index (χ0n) is 16.1. The Morgan fingerprint density at radius 3 is 2.61 bits per heavy atom. The first-order chi connectivity index (χ1) is 13.5. The number of benzene rings is 1. The molecule has 0 spiro atoms. The van der Waals surface area contributed by atoms with E-state index < -0.39 is 11.6 Å². The van der Waals surface area contributed by atoms with Gasteiger partial charge in [0.1, 0.15) is 12.4 Å². The highest BCUT2D eigenvalue weighted by atomic mass is 19.2. The number of rotatable bonds is 7. The number of nitrogens with one attached hydrogen (secondary N) is 2. The van der Waals surface area contributed by atoms with Crippen LogP contribution < -0.4 is 15.4 Å². The number of amides is 1. The smallest absolute Gasteiger partial charge is 0.234 e. The van der Waals surface area contributed by atoms with E-state index in [9.17, 15) is 13.6 Å². The molecule has 3 rings (SSSR count). The minimum absolute atomic E-state index is 0.104. The number of piperazine rings is 1. The van der Waals surface area contributed by atoms with Gasteiger partial charge in [0.2, 0.25) is 5.91 Å². The molecule has 1 heterocycles. The van der Waals surface area contributed by atoms with Gasteiger partial charge in [-0.3, -0.25) is 14.7 Å². The topological polar surface area (TPSA) is 69.2 Å². The summed E-state index contributed by atoms with van der Waals surface area (Å²) in [7, 11) is 1.72. The Bertz CT molecular complexity index is 704. The second-order valence-electron chi connectivity index (χ2n) is 7.00. The van der Waals surface area contributed by atoms with Crippen LogP contribution in [0.5, 0.6) is 5.75 Å². The van der Waals surface area contributed by atoms with Crippen molar-refractivity contribution in [3.63, 3.8) is 0 Å². The van der Waals surface area contributed by atoms with Crippen LogP contribution in [0, 0.1) is 11.6 Å². The summed E-state index contributed by atoms with van der Waals surface area (Å²) in [5.41, 5.74) is 0. The summed E-state index contributed by atoms with van der Waals surface area (Å²) in [6, 6.07) is 3.86. The number of aliphatic imine (C=N–C) groups is 1. The van der Waals surface area contributed by atoms with E-state index in [4.69, 9.17) is 4.74 Å². The van der Waals surface area contributed by atoms with Gasteiger partial charge in [-0.15, -0.1) is 0 Å². The van der Waals surface area contributed by atoms with Crippen molar-refractivity contribution in [1.29, 1.82) is 0 Å². The van der Waals surface area contributed by atoms with Crippen LogP contribution in [0.15, 0.2) is 23.2 Å². The zero-order chi connectivity index (χ0) is 19.9. The summed E-state index contributed by atoms with van der Waals surface area (Å²) in [5.74, 6) is -0.669. The lowest BCUT2D eigenvalue weighted by molar-refractivity contribution is -0.122. The number of carbonyl (C=O) groups excluding carboxylic acids is 1. The number of nitrogens with zero attached hydrogens (tertiary/aromatic N) is 3. The fourth-order valence-corrected chi connectivity index (χ4v) is 3.05. The lowest BCUT2D eigenvalue weighted by Crippen LogP contribution is -2.54. The predicted octanol–water partition coefficient (Wildman–Crippen LogP) is 0.815. The number of hydrogen-bond acceptors (Lipinski definition) is 4. The van der Waals surface area contributed by atoms with E-state index in [-0.39, 0.29) is 11.7 Å². The Balaban J connectivity index is 1.34. The molecule has 0 bridgehead atoms. The summed E-state index contributed by atoms with van der Waals surface area (Å²) in [6.07, 6.45) is 2.20. The van der Waals surface area contributed by atoms with Crippen LogP contribution in [-0.4, -0.2) is 80.6 Å². The summed E-state index contributed by atoms with van der Waals surface area (Å²) in [6.45, 7) is 4.37. The van der Waals surface area contributed by atoms with E-state index in [2.05, 4.69) is 25.4 Å². The Hall–Kier alpha value is -2.42. The minimum atomic E-state index is -0.926. The number of hydrogen-bond donors (Lipinski definition) is 2. The molecule has 9 heteroatoms. The zero-order valence-corrected chi connectivity index (χ0v) is 16.1. The second-order valence-corrected chi connectivity index (χ2v) is 7.00. The number of guanidine groups is 1. The molecule has 2 N–H and O–H groups in total. The van der Waals surface area contributed by atoms with Gasteiger partial charge in [-0.2, -0.15) is 0 Å². The molecular weight excluding hydrogens is 368 g/mol. The van der Waals surface area contributed by atoms with Crippen LogP contribution in [-0.2, 0) is 4.79 Å². The van der Waals surface area contributed by atoms with Crippen molar-refractivity contribution in [2.75, 3.05) is 52.9 Å². The molecule has 7 nitrogen and oxygen atoms in total. The normalized spacial score (nSPS) is 18.1. The lowest BCUT2D eigenvalue weighted by atomic mass is 10.3. The van der Waals surface area contributed by atoms with Gasteiger partial charge in [0, 0.05) is 45.3 Å². The fraction of sp³-hybridized carbons (Fsp3) is 0.579. The highest BCUT2D eigenvalue weighted by Crippen LogP contribution is 2.18. The Morgan fingerprint density at radius 1 is 1.21 bits per heavy atom. The third kappa shape index (κ3) is 6.05. The summed E-state index contributed by atoms with van der Waals surface area (Å²) in [4.78, 5) is 20.5. The summed E-state index contributed by atoms with van der Waals surface area (Å²) >= 11 is 0. The molecule has 1 saturated carbocycles. The van der Waals surface area contributed by atoms with Gasteiger partial charge < -0.3 is 20.3 Å². The van der Waals surface area contributed by atoms with E-state index in [1.54, 1.807) is 7.05 Å².